The lowest BCUT2D eigenvalue weighted by Crippen LogP contribution is -2.19. The number of H-pyrrole nitrogens is 1. The Bertz CT molecular complexity index is 517. The van der Waals surface area contributed by atoms with Gasteiger partial charge in [-0.1, -0.05) is 30.3 Å². The molecule has 17 heavy (non-hydrogen) atoms. The zero-order valence-electron chi connectivity index (χ0n) is 9.34. The Morgan fingerprint density at radius 3 is 2.71 bits per heavy atom. The Kier molecular flexibility index (Phi) is 3.30. The van der Waals surface area contributed by atoms with E-state index in [1.54, 1.807) is 6.07 Å². The number of rotatable bonds is 3. The van der Waals surface area contributed by atoms with Crippen molar-refractivity contribution in [2.45, 2.75) is 6.92 Å². The highest BCUT2D eigenvalue weighted by molar-refractivity contribution is 6.00. The lowest BCUT2D eigenvalue weighted by Gasteiger charge is -2.01. The van der Waals surface area contributed by atoms with Gasteiger partial charge in [0.05, 0.1) is 5.71 Å². The van der Waals surface area contributed by atoms with Crippen LogP contribution in [0.4, 0.5) is 0 Å². The van der Waals surface area contributed by atoms with Crippen LogP contribution in [0.25, 0.3) is 0 Å². The number of benzene rings is 1. The van der Waals surface area contributed by atoms with Crippen molar-refractivity contribution in [3.8, 4) is 0 Å². The number of hydrazone groups is 1. The molecule has 1 amide bonds. The fourth-order valence-corrected chi connectivity index (χ4v) is 1.32. The van der Waals surface area contributed by atoms with Gasteiger partial charge in [0.15, 0.2) is 0 Å². The zero-order valence-corrected chi connectivity index (χ0v) is 9.34. The van der Waals surface area contributed by atoms with E-state index >= 15 is 0 Å². The Morgan fingerprint density at radius 1 is 1.29 bits per heavy atom. The van der Waals surface area contributed by atoms with Gasteiger partial charge in [-0.3, -0.25) is 9.89 Å². The molecule has 86 valence electrons. The summed E-state index contributed by atoms with van der Waals surface area (Å²) in [5, 5.41) is 10.3. The van der Waals surface area contributed by atoms with Crippen molar-refractivity contribution in [3.05, 3.63) is 53.9 Å². The average Bonchev–Trinajstić information content (AvgIpc) is 2.90. The summed E-state index contributed by atoms with van der Waals surface area (Å²) >= 11 is 0. The van der Waals surface area contributed by atoms with E-state index in [-0.39, 0.29) is 5.91 Å². The highest BCUT2D eigenvalue weighted by Gasteiger charge is 2.05. The van der Waals surface area contributed by atoms with E-state index in [1.807, 2.05) is 37.3 Å². The molecule has 1 heterocycles. The summed E-state index contributed by atoms with van der Waals surface area (Å²) in [7, 11) is 0. The molecule has 1 aromatic heterocycles. The van der Waals surface area contributed by atoms with E-state index in [9.17, 15) is 4.79 Å². The Labute approximate surface area is 98.6 Å². The number of hydrogen-bond donors (Lipinski definition) is 2. The van der Waals surface area contributed by atoms with Crippen molar-refractivity contribution < 1.29 is 4.79 Å². The lowest BCUT2D eigenvalue weighted by atomic mass is 10.1. The Hall–Kier alpha value is -2.43. The smallest absolute Gasteiger partial charge is 0.273 e. The third-order valence-corrected chi connectivity index (χ3v) is 2.26. The largest absolute Gasteiger partial charge is 0.289 e. The standard InChI is InChI=1S/C12H12N4O/c1-9(10-5-3-2-4-6-10)14-16-12(17)11-7-8-13-15-11/h2-8H,1H3,(H,13,15)(H,16,17)/b14-9+. The molecule has 0 aliphatic carbocycles. The molecule has 5 nitrogen and oxygen atoms in total. The highest BCUT2D eigenvalue weighted by Crippen LogP contribution is 2.00. The maximum absolute atomic E-state index is 11.6. The number of nitrogens with one attached hydrogen (secondary N) is 2. The minimum Gasteiger partial charge on any atom is -0.273 e. The number of nitrogens with zero attached hydrogens (tertiary/aromatic N) is 2. The molecular formula is C12H12N4O. The van der Waals surface area contributed by atoms with Crippen LogP contribution in [-0.2, 0) is 0 Å². The minimum atomic E-state index is -0.308. The number of carbonyl (C=O) groups is 1. The molecule has 2 rings (SSSR count). The van der Waals surface area contributed by atoms with Gasteiger partial charge in [-0.05, 0) is 18.6 Å². The lowest BCUT2D eigenvalue weighted by molar-refractivity contribution is 0.0950. The number of aromatic amines is 1. The molecule has 2 aromatic rings. The molecule has 0 atom stereocenters. The van der Waals surface area contributed by atoms with E-state index in [2.05, 4.69) is 20.7 Å². The van der Waals surface area contributed by atoms with Crippen molar-refractivity contribution in [1.29, 1.82) is 0 Å². The Morgan fingerprint density at radius 2 is 2.06 bits per heavy atom. The number of aromatic nitrogens is 2. The van der Waals surface area contributed by atoms with E-state index in [1.165, 1.54) is 6.20 Å². The van der Waals surface area contributed by atoms with Crippen LogP contribution in [0.1, 0.15) is 23.0 Å². The summed E-state index contributed by atoms with van der Waals surface area (Å²) in [5.74, 6) is -0.308. The Balaban J connectivity index is 2.04. The van der Waals surface area contributed by atoms with Crippen molar-refractivity contribution in [3.63, 3.8) is 0 Å². The molecule has 5 heteroatoms. The molecule has 0 unspecified atom stereocenters. The van der Waals surface area contributed by atoms with Gasteiger partial charge in [0.1, 0.15) is 5.69 Å². The first kappa shape index (κ1) is 11.1. The zero-order chi connectivity index (χ0) is 12.1. The molecule has 1 aromatic carbocycles. The first-order chi connectivity index (χ1) is 8.27. The van der Waals surface area contributed by atoms with Gasteiger partial charge in [0.2, 0.25) is 0 Å². The number of amides is 1. The van der Waals surface area contributed by atoms with Crippen LogP contribution >= 0.6 is 0 Å². The molecule has 0 saturated carbocycles. The quantitative estimate of drug-likeness (QED) is 0.618. The van der Waals surface area contributed by atoms with E-state index in [0.717, 1.165) is 11.3 Å². The van der Waals surface area contributed by atoms with E-state index < -0.39 is 0 Å². The van der Waals surface area contributed by atoms with Gasteiger partial charge in [0.25, 0.3) is 5.91 Å². The second kappa shape index (κ2) is 5.07. The first-order valence-electron chi connectivity index (χ1n) is 5.17. The molecule has 0 bridgehead atoms. The highest BCUT2D eigenvalue weighted by atomic mass is 16.2. The van der Waals surface area contributed by atoms with Crippen molar-refractivity contribution >= 4 is 11.6 Å². The third kappa shape index (κ3) is 2.78. The number of hydrogen-bond acceptors (Lipinski definition) is 3. The van der Waals surface area contributed by atoms with Gasteiger partial charge in [-0.25, -0.2) is 5.43 Å². The summed E-state index contributed by atoms with van der Waals surface area (Å²) in [6.07, 6.45) is 1.52. The molecule has 0 radical (unpaired) electrons. The topological polar surface area (TPSA) is 70.1 Å². The van der Waals surface area contributed by atoms with Crippen molar-refractivity contribution in [1.82, 2.24) is 15.6 Å². The SMILES string of the molecule is C/C(=N\NC(=O)c1ccn[nH]1)c1ccccc1. The second-order valence-electron chi connectivity index (χ2n) is 3.47. The number of carbonyl (C=O) groups excluding carboxylic acids is 1. The van der Waals surface area contributed by atoms with Crippen LogP contribution in [-0.4, -0.2) is 21.8 Å². The van der Waals surface area contributed by atoms with Gasteiger partial charge in [0, 0.05) is 6.20 Å². The molecular weight excluding hydrogens is 216 g/mol. The second-order valence-corrected chi connectivity index (χ2v) is 3.47. The molecule has 0 aliphatic heterocycles. The summed E-state index contributed by atoms with van der Waals surface area (Å²) in [6, 6.07) is 11.2. The molecule has 0 saturated heterocycles. The summed E-state index contributed by atoms with van der Waals surface area (Å²) in [5.41, 5.74) is 4.56. The minimum absolute atomic E-state index is 0.308. The van der Waals surface area contributed by atoms with Crippen LogP contribution < -0.4 is 5.43 Å². The van der Waals surface area contributed by atoms with Crippen LogP contribution in [0.2, 0.25) is 0 Å². The fraction of sp³-hybridized carbons (Fsp3) is 0.0833. The fourth-order valence-electron chi connectivity index (χ4n) is 1.32. The monoisotopic (exact) mass is 228 g/mol. The van der Waals surface area contributed by atoms with Crippen molar-refractivity contribution in [2.24, 2.45) is 5.10 Å². The maximum Gasteiger partial charge on any atom is 0.289 e. The summed E-state index contributed by atoms with van der Waals surface area (Å²) in [6.45, 7) is 1.84. The molecule has 0 fully saturated rings. The van der Waals surface area contributed by atoms with Crippen LogP contribution in [0, 0.1) is 0 Å². The molecule has 2 N–H and O–H groups in total. The van der Waals surface area contributed by atoms with E-state index in [4.69, 9.17) is 0 Å². The first-order valence-corrected chi connectivity index (χ1v) is 5.17. The molecule has 0 spiro atoms. The van der Waals surface area contributed by atoms with Gasteiger partial charge in [-0.2, -0.15) is 10.2 Å². The average molecular weight is 228 g/mol. The summed E-state index contributed by atoms with van der Waals surface area (Å²) < 4.78 is 0. The predicted molar refractivity (Wildman–Crippen MR) is 64.7 cm³/mol. The third-order valence-electron chi connectivity index (χ3n) is 2.26. The van der Waals surface area contributed by atoms with Crippen LogP contribution in [0.15, 0.2) is 47.7 Å². The van der Waals surface area contributed by atoms with Crippen LogP contribution in [0.3, 0.4) is 0 Å². The normalized spacial score (nSPS) is 11.2. The predicted octanol–water partition coefficient (Wildman–Crippen LogP) is 1.56. The van der Waals surface area contributed by atoms with Gasteiger partial charge in [-0.15, -0.1) is 0 Å². The van der Waals surface area contributed by atoms with E-state index in [0.29, 0.717) is 5.69 Å². The van der Waals surface area contributed by atoms with Gasteiger partial charge < -0.3 is 0 Å². The molecule has 0 aliphatic rings. The maximum atomic E-state index is 11.6. The van der Waals surface area contributed by atoms with Gasteiger partial charge >= 0.3 is 0 Å². The summed E-state index contributed by atoms with van der Waals surface area (Å²) in [4.78, 5) is 11.6. The van der Waals surface area contributed by atoms with Crippen molar-refractivity contribution in [2.75, 3.05) is 0 Å². The van der Waals surface area contributed by atoms with Crippen LogP contribution in [0.5, 0.6) is 0 Å².